The highest BCUT2D eigenvalue weighted by atomic mass is 16.6. The van der Waals surface area contributed by atoms with Crippen LogP contribution in [0.2, 0.25) is 0 Å². The second-order valence-electron chi connectivity index (χ2n) is 7.91. The van der Waals surface area contributed by atoms with E-state index in [0.29, 0.717) is 12.0 Å². The van der Waals surface area contributed by atoms with Gasteiger partial charge >= 0.3 is 12.1 Å². The lowest BCUT2D eigenvalue weighted by Crippen LogP contribution is -2.40. The van der Waals surface area contributed by atoms with Gasteiger partial charge in [0.15, 0.2) is 0 Å². The summed E-state index contributed by atoms with van der Waals surface area (Å²) in [5, 5.41) is 2.85. The molecule has 29 heavy (non-hydrogen) atoms. The van der Waals surface area contributed by atoms with Gasteiger partial charge in [-0.25, -0.2) is 9.59 Å². The molecule has 2 aromatic rings. The standard InChI is InChI=1S/C24H29NO4/c1-17(22(26)28-5)15-21(25-23(27)29-24(2,3)4)16-18-11-13-20(14-12-18)19-9-7-6-8-10-19/h6-14,21H,1,15-16H2,2-5H3,(H,25,27)/t21-/m0/s1. The van der Waals surface area contributed by atoms with E-state index < -0.39 is 17.7 Å². The molecular weight excluding hydrogens is 366 g/mol. The van der Waals surface area contributed by atoms with E-state index in [4.69, 9.17) is 9.47 Å². The lowest BCUT2D eigenvalue weighted by atomic mass is 9.97. The van der Waals surface area contributed by atoms with Gasteiger partial charge < -0.3 is 14.8 Å². The average Bonchev–Trinajstić information content (AvgIpc) is 2.67. The summed E-state index contributed by atoms with van der Waals surface area (Å²) in [6.07, 6.45) is 0.275. The third-order valence-corrected chi connectivity index (χ3v) is 4.23. The number of carbonyl (C=O) groups excluding carboxylic acids is 2. The van der Waals surface area contributed by atoms with Crippen LogP contribution >= 0.6 is 0 Å². The van der Waals surface area contributed by atoms with E-state index in [1.165, 1.54) is 7.11 Å². The smallest absolute Gasteiger partial charge is 0.407 e. The van der Waals surface area contributed by atoms with Gasteiger partial charge in [0.05, 0.1) is 7.11 Å². The van der Waals surface area contributed by atoms with E-state index in [1.54, 1.807) is 20.8 Å². The van der Waals surface area contributed by atoms with Crippen molar-refractivity contribution in [1.82, 2.24) is 5.32 Å². The monoisotopic (exact) mass is 395 g/mol. The SMILES string of the molecule is C=C(C[C@@H](Cc1ccc(-c2ccccc2)cc1)NC(=O)OC(C)(C)C)C(=O)OC. The first-order valence-electron chi connectivity index (χ1n) is 9.58. The molecule has 5 nitrogen and oxygen atoms in total. The predicted octanol–water partition coefficient (Wildman–Crippen LogP) is 4.91. The molecule has 0 aromatic heterocycles. The van der Waals surface area contributed by atoms with Gasteiger partial charge in [0.2, 0.25) is 0 Å². The molecule has 2 aromatic carbocycles. The number of methoxy groups -OCH3 is 1. The van der Waals surface area contributed by atoms with Crippen LogP contribution in [0.1, 0.15) is 32.8 Å². The van der Waals surface area contributed by atoms with Crippen LogP contribution in [0.5, 0.6) is 0 Å². The number of carbonyl (C=O) groups is 2. The van der Waals surface area contributed by atoms with Gasteiger partial charge in [-0.05, 0) is 50.3 Å². The Balaban J connectivity index is 2.12. The molecular formula is C24H29NO4. The highest BCUT2D eigenvalue weighted by Gasteiger charge is 2.22. The number of amides is 1. The Morgan fingerprint density at radius 3 is 2.14 bits per heavy atom. The number of hydrogen-bond donors (Lipinski definition) is 1. The van der Waals surface area contributed by atoms with Crippen LogP contribution in [0.25, 0.3) is 11.1 Å². The van der Waals surface area contributed by atoms with Gasteiger partial charge in [0, 0.05) is 11.6 Å². The fourth-order valence-electron chi connectivity index (χ4n) is 2.92. The zero-order valence-electron chi connectivity index (χ0n) is 17.5. The van der Waals surface area contributed by atoms with Crippen LogP contribution in [0.3, 0.4) is 0 Å². The molecule has 0 aliphatic carbocycles. The fraction of sp³-hybridized carbons (Fsp3) is 0.333. The van der Waals surface area contributed by atoms with Gasteiger partial charge in [-0.2, -0.15) is 0 Å². The zero-order valence-corrected chi connectivity index (χ0v) is 17.5. The van der Waals surface area contributed by atoms with Gasteiger partial charge in [-0.15, -0.1) is 0 Å². The molecule has 1 atom stereocenters. The number of rotatable bonds is 7. The Kier molecular flexibility index (Phi) is 7.59. The largest absolute Gasteiger partial charge is 0.466 e. The minimum absolute atomic E-state index is 0.270. The summed E-state index contributed by atoms with van der Waals surface area (Å²) in [6, 6.07) is 17.9. The molecule has 0 heterocycles. The first kappa shape index (κ1) is 22.2. The number of esters is 1. The molecule has 0 aliphatic rings. The first-order valence-corrected chi connectivity index (χ1v) is 9.58. The molecule has 0 saturated heterocycles. The van der Waals surface area contributed by atoms with Crippen molar-refractivity contribution in [3.63, 3.8) is 0 Å². The summed E-state index contributed by atoms with van der Waals surface area (Å²) in [6.45, 7) is 9.18. The van der Waals surface area contributed by atoms with Crippen LogP contribution in [0, 0.1) is 0 Å². The third-order valence-electron chi connectivity index (χ3n) is 4.23. The lowest BCUT2D eigenvalue weighted by Gasteiger charge is -2.24. The molecule has 5 heteroatoms. The van der Waals surface area contributed by atoms with Crippen LogP contribution in [-0.4, -0.2) is 30.8 Å². The summed E-state index contributed by atoms with van der Waals surface area (Å²) in [7, 11) is 1.31. The van der Waals surface area contributed by atoms with Crippen molar-refractivity contribution in [2.75, 3.05) is 7.11 Å². The van der Waals surface area contributed by atoms with Gasteiger partial charge in [-0.3, -0.25) is 0 Å². The maximum Gasteiger partial charge on any atom is 0.407 e. The molecule has 0 unspecified atom stereocenters. The van der Waals surface area contributed by atoms with Gasteiger partial charge in [0.25, 0.3) is 0 Å². The second-order valence-corrected chi connectivity index (χ2v) is 7.91. The van der Waals surface area contributed by atoms with Crippen LogP contribution in [0.4, 0.5) is 4.79 Å². The van der Waals surface area contributed by atoms with Crippen molar-refractivity contribution in [2.45, 2.75) is 45.3 Å². The van der Waals surface area contributed by atoms with Gasteiger partial charge in [0.1, 0.15) is 5.60 Å². The van der Waals surface area contributed by atoms with Crippen LogP contribution in [-0.2, 0) is 20.7 Å². The number of ether oxygens (including phenoxy) is 2. The molecule has 1 N–H and O–H groups in total. The highest BCUT2D eigenvalue weighted by Crippen LogP contribution is 2.21. The molecule has 0 bridgehead atoms. The van der Waals surface area contributed by atoms with E-state index in [9.17, 15) is 9.59 Å². The Hall–Kier alpha value is -3.08. The lowest BCUT2D eigenvalue weighted by molar-refractivity contribution is -0.136. The zero-order chi connectivity index (χ0) is 21.4. The molecule has 2 rings (SSSR count). The second kappa shape index (κ2) is 9.92. The van der Waals surface area contributed by atoms with Crippen molar-refractivity contribution in [3.8, 4) is 11.1 Å². The minimum atomic E-state index is -0.606. The highest BCUT2D eigenvalue weighted by molar-refractivity contribution is 5.87. The summed E-state index contributed by atoms with van der Waals surface area (Å²) >= 11 is 0. The topological polar surface area (TPSA) is 64.6 Å². The molecule has 0 fully saturated rings. The normalized spacial score (nSPS) is 12.0. The Labute approximate surface area is 172 Å². The molecule has 0 saturated carbocycles. The summed E-state index contributed by atoms with van der Waals surface area (Å²) in [5.74, 6) is -0.486. The molecule has 0 aliphatic heterocycles. The van der Waals surface area contributed by atoms with E-state index in [-0.39, 0.29) is 12.5 Å². The Bertz CT molecular complexity index is 835. The van der Waals surface area contributed by atoms with E-state index in [2.05, 4.69) is 24.0 Å². The Morgan fingerprint density at radius 1 is 1.00 bits per heavy atom. The van der Waals surface area contributed by atoms with Crippen molar-refractivity contribution >= 4 is 12.1 Å². The van der Waals surface area contributed by atoms with Crippen molar-refractivity contribution in [3.05, 3.63) is 72.3 Å². The van der Waals surface area contributed by atoms with Gasteiger partial charge in [-0.1, -0.05) is 61.2 Å². The average molecular weight is 395 g/mol. The van der Waals surface area contributed by atoms with Crippen molar-refractivity contribution in [1.29, 1.82) is 0 Å². The first-order chi connectivity index (χ1) is 13.7. The van der Waals surface area contributed by atoms with Crippen molar-refractivity contribution in [2.24, 2.45) is 0 Å². The molecule has 1 amide bonds. The minimum Gasteiger partial charge on any atom is -0.466 e. The molecule has 0 spiro atoms. The number of hydrogen-bond acceptors (Lipinski definition) is 4. The summed E-state index contributed by atoms with van der Waals surface area (Å²) in [5.41, 5.74) is 2.98. The van der Waals surface area contributed by atoms with E-state index in [0.717, 1.165) is 16.7 Å². The molecule has 0 radical (unpaired) electrons. The third kappa shape index (κ3) is 7.45. The van der Waals surface area contributed by atoms with Crippen LogP contribution < -0.4 is 5.32 Å². The quantitative estimate of drug-likeness (QED) is 0.534. The van der Waals surface area contributed by atoms with Crippen LogP contribution in [0.15, 0.2) is 66.7 Å². The number of nitrogens with one attached hydrogen (secondary N) is 1. The maximum absolute atomic E-state index is 12.2. The van der Waals surface area contributed by atoms with Crippen molar-refractivity contribution < 1.29 is 19.1 Å². The van der Waals surface area contributed by atoms with E-state index in [1.807, 2.05) is 42.5 Å². The molecule has 154 valence electrons. The van der Waals surface area contributed by atoms with E-state index >= 15 is 0 Å². The maximum atomic E-state index is 12.2. The number of alkyl carbamates (subject to hydrolysis) is 1. The summed E-state index contributed by atoms with van der Waals surface area (Å²) in [4.78, 5) is 24.0. The fourth-order valence-corrected chi connectivity index (χ4v) is 2.92. The number of benzene rings is 2. The summed E-state index contributed by atoms with van der Waals surface area (Å²) < 4.78 is 10.1. The predicted molar refractivity (Wildman–Crippen MR) is 115 cm³/mol. The Morgan fingerprint density at radius 2 is 1.59 bits per heavy atom.